The number of aromatic hydroxyl groups is 1. The van der Waals surface area contributed by atoms with Crippen LogP contribution in [0.5, 0.6) is 17.4 Å². The monoisotopic (exact) mass is 521 g/mol. The largest absolute Gasteiger partial charge is 0.507 e. The molecule has 0 fully saturated rings. The summed E-state index contributed by atoms with van der Waals surface area (Å²) < 4.78 is 6.20. The van der Waals surface area contributed by atoms with Crippen LogP contribution in [0.25, 0.3) is 44.8 Å². The topological polar surface area (TPSA) is 68.1 Å². The van der Waals surface area contributed by atoms with Gasteiger partial charge in [0, 0.05) is 34.8 Å². The molecule has 0 aliphatic rings. The summed E-state index contributed by atoms with van der Waals surface area (Å²) in [6.07, 6.45) is 1.71. The van der Waals surface area contributed by atoms with Gasteiger partial charge in [-0.25, -0.2) is 9.97 Å². The van der Waals surface area contributed by atoms with E-state index in [0.29, 0.717) is 22.9 Å². The molecule has 0 spiro atoms. The Kier molecular flexibility index (Phi) is 6.77. The highest BCUT2D eigenvalue weighted by Gasteiger charge is 2.14. The lowest BCUT2D eigenvalue weighted by Gasteiger charge is -2.14. The minimum absolute atomic E-state index is 0.178. The van der Waals surface area contributed by atoms with Crippen molar-refractivity contribution in [3.63, 3.8) is 0 Å². The second-order valence-electron chi connectivity index (χ2n) is 9.66. The number of pyridine rings is 3. The number of ether oxygens (including phenoxy) is 1. The third kappa shape index (κ3) is 5.45. The lowest BCUT2D eigenvalue weighted by atomic mass is 9.97. The van der Waals surface area contributed by atoms with E-state index < -0.39 is 0 Å². The van der Waals surface area contributed by atoms with Gasteiger partial charge in [-0.15, -0.1) is 0 Å². The van der Waals surface area contributed by atoms with Gasteiger partial charge in [0.05, 0.1) is 11.4 Å². The average molecular weight is 522 g/mol. The van der Waals surface area contributed by atoms with Crippen LogP contribution in [0, 0.1) is 13.8 Å². The zero-order valence-corrected chi connectivity index (χ0v) is 22.2. The number of rotatable bonds is 6. The van der Waals surface area contributed by atoms with Crippen LogP contribution in [0.2, 0.25) is 0 Å². The van der Waals surface area contributed by atoms with Gasteiger partial charge in [-0.2, -0.15) is 0 Å². The van der Waals surface area contributed by atoms with Gasteiger partial charge in [0.25, 0.3) is 0 Å². The fourth-order valence-electron chi connectivity index (χ4n) is 4.81. The summed E-state index contributed by atoms with van der Waals surface area (Å²) in [5.74, 6) is 1.34. The highest BCUT2D eigenvalue weighted by molar-refractivity contribution is 5.81. The van der Waals surface area contributed by atoms with Crippen LogP contribution < -0.4 is 4.74 Å². The number of hydrogen-bond acceptors (Lipinski definition) is 5. The van der Waals surface area contributed by atoms with Crippen molar-refractivity contribution in [1.29, 1.82) is 0 Å². The quantitative estimate of drug-likeness (QED) is 0.237. The molecule has 0 bridgehead atoms. The lowest BCUT2D eigenvalue weighted by Crippen LogP contribution is -1.95. The molecule has 0 saturated carbocycles. The molecule has 40 heavy (non-hydrogen) atoms. The van der Waals surface area contributed by atoms with Crippen molar-refractivity contribution in [3.05, 3.63) is 133 Å². The van der Waals surface area contributed by atoms with Crippen LogP contribution in [-0.2, 0) is 0 Å². The molecule has 3 heterocycles. The highest BCUT2D eigenvalue weighted by Crippen LogP contribution is 2.37. The highest BCUT2D eigenvalue weighted by atomic mass is 16.5. The number of benzene rings is 3. The van der Waals surface area contributed by atoms with E-state index in [2.05, 4.69) is 46.4 Å². The Hall–Kier alpha value is -5.29. The molecule has 3 aromatic heterocycles. The Bertz CT molecular complexity index is 1780. The second kappa shape index (κ2) is 10.8. The number of hydrogen-bond donors (Lipinski definition) is 1. The molecule has 5 heteroatoms. The van der Waals surface area contributed by atoms with Gasteiger partial charge in [-0.3, -0.25) is 4.98 Å². The maximum Gasteiger partial charge on any atom is 0.219 e. The zero-order valence-electron chi connectivity index (χ0n) is 22.2. The van der Waals surface area contributed by atoms with Crippen molar-refractivity contribution >= 4 is 0 Å². The standard InChI is InChI=1S/C35H27N3O2/c1-23-16-26(17-24(2)37-23)28-21-32(38-33(22-28)31-12-6-7-13-34(31)39)29-18-27(25-10-4-3-5-11-25)19-30(20-29)40-35-14-8-9-15-36-35/h3-22,39H,1-2H3. The number of phenols is 1. The molecule has 0 aliphatic carbocycles. The third-order valence-corrected chi connectivity index (χ3v) is 6.59. The summed E-state index contributed by atoms with van der Waals surface area (Å²) in [5, 5.41) is 10.7. The van der Waals surface area contributed by atoms with Crippen LogP contribution in [0.3, 0.4) is 0 Å². The van der Waals surface area contributed by atoms with E-state index >= 15 is 0 Å². The smallest absolute Gasteiger partial charge is 0.219 e. The minimum atomic E-state index is 0.178. The van der Waals surface area contributed by atoms with Gasteiger partial charge in [0.1, 0.15) is 11.5 Å². The Labute approximate surface area is 233 Å². The number of aromatic nitrogens is 3. The fourth-order valence-corrected chi connectivity index (χ4v) is 4.81. The summed E-state index contributed by atoms with van der Waals surface area (Å²) in [7, 11) is 0. The molecule has 0 atom stereocenters. The fraction of sp³-hybridized carbons (Fsp3) is 0.0571. The Morgan fingerprint density at radius 1 is 0.550 bits per heavy atom. The minimum Gasteiger partial charge on any atom is -0.507 e. The maximum absolute atomic E-state index is 10.7. The van der Waals surface area contributed by atoms with Crippen molar-refractivity contribution in [2.45, 2.75) is 13.8 Å². The van der Waals surface area contributed by atoms with Gasteiger partial charge >= 0.3 is 0 Å². The number of para-hydroxylation sites is 1. The van der Waals surface area contributed by atoms with Gasteiger partial charge in [0.15, 0.2) is 0 Å². The third-order valence-electron chi connectivity index (χ3n) is 6.59. The van der Waals surface area contributed by atoms with E-state index in [1.54, 1.807) is 12.3 Å². The maximum atomic E-state index is 10.7. The van der Waals surface area contributed by atoms with E-state index in [9.17, 15) is 5.11 Å². The van der Waals surface area contributed by atoms with Gasteiger partial charge in [-0.05, 0) is 96.8 Å². The SMILES string of the molecule is Cc1cc(-c2cc(-c3cc(Oc4ccccn4)cc(-c4ccccc4)c3)nc(-c3ccccc3O)c2)cc(C)n1. The van der Waals surface area contributed by atoms with Crippen molar-refractivity contribution in [1.82, 2.24) is 15.0 Å². The van der Waals surface area contributed by atoms with E-state index in [-0.39, 0.29) is 5.75 Å². The van der Waals surface area contributed by atoms with Crippen LogP contribution in [0.1, 0.15) is 11.4 Å². The Morgan fingerprint density at radius 3 is 1.95 bits per heavy atom. The first-order valence-electron chi connectivity index (χ1n) is 13.1. The van der Waals surface area contributed by atoms with Crippen LogP contribution in [0.15, 0.2) is 121 Å². The van der Waals surface area contributed by atoms with Crippen molar-refractivity contribution in [2.75, 3.05) is 0 Å². The van der Waals surface area contributed by atoms with E-state index in [1.165, 1.54) is 0 Å². The molecular weight excluding hydrogens is 494 g/mol. The molecular formula is C35H27N3O2. The van der Waals surface area contributed by atoms with E-state index in [4.69, 9.17) is 9.72 Å². The predicted octanol–water partition coefficient (Wildman–Crippen LogP) is 8.65. The van der Waals surface area contributed by atoms with E-state index in [0.717, 1.165) is 44.9 Å². The molecule has 0 aliphatic heterocycles. The first-order chi connectivity index (χ1) is 19.5. The van der Waals surface area contributed by atoms with Crippen molar-refractivity contribution in [2.24, 2.45) is 0 Å². The summed E-state index contributed by atoms with van der Waals surface area (Å²) in [4.78, 5) is 13.9. The van der Waals surface area contributed by atoms with Gasteiger partial charge < -0.3 is 9.84 Å². The molecule has 1 N–H and O–H groups in total. The lowest BCUT2D eigenvalue weighted by molar-refractivity contribution is 0.463. The van der Waals surface area contributed by atoms with Gasteiger partial charge in [0.2, 0.25) is 5.88 Å². The number of nitrogens with zero attached hydrogens (tertiary/aromatic N) is 3. The molecule has 0 radical (unpaired) electrons. The summed E-state index contributed by atoms with van der Waals surface area (Å²) in [6, 6.07) is 37.4. The summed E-state index contributed by atoms with van der Waals surface area (Å²) in [6.45, 7) is 3.99. The zero-order chi connectivity index (χ0) is 27.5. The molecule has 194 valence electrons. The Balaban J connectivity index is 1.56. The first kappa shape index (κ1) is 25.0. The predicted molar refractivity (Wildman–Crippen MR) is 159 cm³/mol. The molecule has 0 saturated heterocycles. The molecule has 3 aromatic carbocycles. The van der Waals surface area contributed by atoms with E-state index in [1.807, 2.05) is 86.6 Å². The van der Waals surface area contributed by atoms with Crippen molar-refractivity contribution < 1.29 is 9.84 Å². The average Bonchev–Trinajstić information content (AvgIpc) is 2.97. The van der Waals surface area contributed by atoms with Crippen LogP contribution in [-0.4, -0.2) is 20.1 Å². The Morgan fingerprint density at radius 2 is 1.20 bits per heavy atom. The molecule has 0 amide bonds. The second-order valence-corrected chi connectivity index (χ2v) is 9.66. The van der Waals surface area contributed by atoms with Gasteiger partial charge in [-0.1, -0.05) is 48.5 Å². The van der Waals surface area contributed by atoms with Crippen LogP contribution in [0.4, 0.5) is 0 Å². The molecule has 5 nitrogen and oxygen atoms in total. The molecule has 6 rings (SSSR count). The van der Waals surface area contributed by atoms with Crippen molar-refractivity contribution in [3.8, 4) is 62.1 Å². The molecule has 0 unspecified atom stereocenters. The molecule has 6 aromatic rings. The number of phenolic OH excluding ortho intramolecular Hbond substituents is 1. The van der Waals surface area contributed by atoms with Crippen LogP contribution >= 0.6 is 0 Å². The normalized spacial score (nSPS) is 10.8. The summed E-state index contributed by atoms with van der Waals surface area (Å²) >= 11 is 0. The number of aryl methyl sites for hydroxylation is 2. The summed E-state index contributed by atoms with van der Waals surface area (Å²) in [5.41, 5.74) is 8.93. The first-order valence-corrected chi connectivity index (χ1v) is 13.1.